The van der Waals surface area contributed by atoms with E-state index >= 15 is 0 Å². The second-order valence-corrected chi connectivity index (χ2v) is 6.13. The molecule has 3 aromatic heterocycles. The molecule has 0 spiro atoms. The van der Waals surface area contributed by atoms with Gasteiger partial charge in [-0.2, -0.15) is 0 Å². The lowest BCUT2D eigenvalue weighted by molar-refractivity contribution is 0.461. The van der Waals surface area contributed by atoms with E-state index in [9.17, 15) is 0 Å². The van der Waals surface area contributed by atoms with Crippen LogP contribution in [0.25, 0.3) is 17.1 Å². The molecule has 0 amide bonds. The van der Waals surface area contributed by atoms with Gasteiger partial charge in [-0.1, -0.05) is 25.3 Å². The van der Waals surface area contributed by atoms with Crippen molar-refractivity contribution in [2.24, 2.45) is 0 Å². The number of hydrogen-bond acceptors (Lipinski definition) is 3. The molecule has 0 radical (unpaired) electrons. The highest BCUT2D eigenvalue weighted by atomic mass is 16.3. The summed E-state index contributed by atoms with van der Waals surface area (Å²) in [6, 6.07) is 10.6. The van der Waals surface area contributed by atoms with Gasteiger partial charge in [0, 0.05) is 12.2 Å². The molecule has 114 valence electrons. The Balaban J connectivity index is 1.79. The Kier molecular flexibility index (Phi) is 3.37. The minimum Gasteiger partial charge on any atom is -0.460 e. The van der Waals surface area contributed by atoms with E-state index < -0.39 is 0 Å². The van der Waals surface area contributed by atoms with Crippen molar-refractivity contribution in [2.45, 2.75) is 45.1 Å². The van der Waals surface area contributed by atoms with E-state index in [4.69, 9.17) is 9.40 Å². The predicted molar refractivity (Wildman–Crippen MR) is 88.1 cm³/mol. The number of anilines is 1. The van der Waals surface area contributed by atoms with Gasteiger partial charge in [0.2, 0.25) is 0 Å². The number of hydrogen-bond donors (Lipinski definition) is 1. The number of rotatable bonds is 3. The summed E-state index contributed by atoms with van der Waals surface area (Å²) in [5.74, 6) is 2.80. The number of aryl methyl sites for hydroxylation is 1. The molecule has 0 atom stereocenters. The van der Waals surface area contributed by atoms with Crippen LogP contribution in [0.15, 0.2) is 40.9 Å². The summed E-state index contributed by atoms with van der Waals surface area (Å²) in [6.45, 7) is 1.97. The zero-order valence-electron chi connectivity index (χ0n) is 12.9. The van der Waals surface area contributed by atoms with Crippen LogP contribution < -0.4 is 5.32 Å². The summed E-state index contributed by atoms with van der Waals surface area (Å²) in [5.41, 5.74) is 1.86. The van der Waals surface area contributed by atoms with Crippen molar-refractivity contribution in [1.29, 1.82) is 0 Å². The van der Waals surface area contributed by atoms with Crippen LogP contribution in [0.1, 0.15) is 37.9 Å². The van der Waals surface area contributed by atoms with E-state index in [1.807, 2.05) is 37.3 Å². The minimum atomic E-state index is 0.531. The normalized spacial score (nSPS) is 16.2. The molecule has 0 unspecified atom stereocenters. The molecule has 4 nitrogen and oxygen atoms in total. The fraction of sp³-hybridized carbons (Fsp3) is 0.389. The average molecular weight is 295 g/mol. The lowest BCUT2D eigenvalue weighted by Gasteiger charge is -2.23. The van der Waals surface area contributed by atoms with Crippen LogP contribution in [0.4, 0.5) is 5.82 Å². The summed E-state index contributed by atoms with van der Waals surface area (Å²) in [5, 5.41) is 3.72. The van der Waals surface area contributed by atoms with Crippen LogP contribution in [0.2, 0.25) is 0 Å². The number of nitrogens with one attached hydrogen (secondary N) is 1. The molecule has 4 heteroatoms. The van der Waals surface area contributed by atoms with E-state index in [1.165, 1.54) is 32.1 Å². The lowest BCUT2D eigenvalue weighted by atomic mass is 9.95. The summed E-state index contributed by atoms with van der Waals surface area (Å²) in [7, 11) is 0. The first kappa shape index (κ1) is 13.4. The molecule has 0 saturated heterocycles. The molecule has 1 N–H and O–H groups in total. The van der Waals surface area contributed by atoms with Gasteiger partial charge in [0.25, 0.3) is 0 Å². The SMILES string of the molecule is Cc1ccc(-c2nc3ccccn3c2NC2CCCCC2)o1. The number of aromatic nitrogens is 2. The smallest absolute Gasteiger partial charge is 0.156 e. The predicted octanol–water partition coefficient (Wildman–Crippen LogP) is 4.65. The maximum Gasteiger partial charge on any atom is 0.156 e. The molecule has 3 aromatic rings. The van der Waals surface area contributed by atoms with Crippen molar-refractivity contribution < 1.29 is 4.42 Å². The second-order valence-electron chi connectivity index (χ2n) is 6.13. The van der Waals surface area contributed by atoms with Gasteiger partial charge in [-0.3, -0.25) is 4.40 Å². The van der Waals surface area contributed by atoms with Gasteiger partial charge in [-0.15, -0.1) is 0 Å². The van der Waals surface area contributed by atoms with Crippen LogP contribution in [-0.2, 0) is 0 Å². The third-order valence-electron chi connectivity index (χ3n) is 4.45. The van der Waals surface area contributed by atoms with Crippen molar-refractivity contribution in [3.63, 3.8) is 0 Å². The Morgan fingerprint density at radius 1 is 1.14 bits per heavy atom. The fourth-order valence-corrected chi connectivity index (χ4v) is 3.31. The first-order chi connectivity index (χ1) is 10.8. The zero-order chi connectivity index (χ0) is 14.9. The Hall–Kier alpha value is -2.23. The Labute approximate surface area is 130 Å². The summed E-state index contributed by atoms with van der Waals surface area (Å²) < 4.78 is 7.94. The van der Waals surface area contributed by atoms with Crippen LogP contribution in [0.5, 0.6) is 0 Å². The van der Waals surface area contributed by atoms with Gasteiger partial charge in [0.15, 0.2) is 5.76 Å². The number of imidazole rings is 1. The second kappa shape index (κ2) is 5.52. The van der Waals surface area contributed by atoms with Gasteiger partial charge >= 0.3 is 0 Å². The molecule has 22 heavy (non-hydrogen) atoms. The first-order valence-electron chi connectivity index (χ1n) is 8.12. The molecule has 1 aliphatic carbocycles. The maximum atomic E-state index is 5.81. The molecule has 1 fully saturated rings. The van der Waals surface area contributed by atoms with Gasteiger partial charge in [0.1, 0.15) is 22.9 Å². The topological polar surface area (TPSA) is 42.5 Å². The van der Waals surface area contributed by atoms with Crippen molar-refractivity contribution >= 4 is 11.5 Å². The highest BCUT2D eigenvalue weighted by Gasteiger charge is 2.20. The van der Waals surface area contributed by atoms with Crippen molar-refractivity contribution in [3.8, 4) is 11.5 Å². The van der Waals surface area contributed by atoms with Crippen LogP contribution in [-0.4, -0.2) is 15.4 Å². The van der Waals surface area contributed by atoms with E-state index in [2.05, 4.69) is 15.9 Å². The molecule has 4 rings (SSSR count). The fourth-order valence-electron chi connectivity index (χ4n) is 3.31. The quantitative estimate of drug-likeness (QED) is 0.765. The number of pyridine rings is 1. The number of furan rings is 1. The zero-order valence-corrected chi connectivity index (χ0v) is 12.9. The molecule has 0 bridgehead atoms. The Morgan fingerprint density at radius 3 is 2.77 bits per heavy atom. The van der Waals surface area contributed by atoms with E-state index in [-0.39, 0.29) is 0 Å². The van der Waals surface area contributed by atoms with E-state index in [1.54, 1.807) is 0 Å². The van der Waals surface area contributed by atoms with Crippen LogP contribution >= 0.6 is 0 Å². The summed E-state index contributed by atoms with van der Waals surface area (Å²) >= 11 is 0. The Bertz CT molecular complexity index is 781. The molecule has 0 aromatic carbocycles. The van der Waals surface area contributed by atoms with Gasteiger partial charge in [0.05, 0.1) is 0 Å². The molecular weight excluding hydrogens is 274 g/mol. The van der Waals surface area contributed by atoms with E-state index in [0.717, 1.165) is 28.7 Å². The standard InChI is InChI=1S/C18H21N3O/c1-13-10-11-15(22-13)17-18(19-14-7-3-2-4-8-14)21-12-6-5-9-16(21)20-17/h5-6,9-12,14,19H,2-4,7-8H2,1H3. The Morgan fingerprint density at radius 2 is 2.00 bits per heavy atom. The number of fused-ring (bicyclic) bond motifs is 1. The number of nitrogens with zero attached hydrogens (tertiary/aromatic N) is 2. The van der Waals surface area contributed by atoms with Crippen LogP contribution in [0.3, 0.4) is 0 Å². The third-order valence-corrected chi connectivity index (χ3v) is 4.45. The minimum absolute atomic E-state index is 0.531. The lowest BCUT2D eigenvalue weighted by Crippen LogP contribution is -2.23. The average Bonchev–Trinajstić information content (AvgIpc) is 3.13. The van der Waals surface area contributed by atoms with Crippen molar-refractivity contribution in [3.05, 3.63) is 42.3 Å². The summed E-state index contributed by atoms with van der Waals surface area (Å²) in [6.07, 6.45) is 8.50. The maximum absolute atomic E-state index is 5.81. The van der Waals surface area contributed by atoms with Gasteiger partial charge < -0.3 is 9.73 Å². The summed E-state index contributed by atoms with van der Waals surface area (Å²) in [4.78, 5) is 4.77. The highest BCUT2D eigenvalue weighted by molar-refractivity contribution is 5.73. The van der Waals surface area contributed by atoms with Gasteiger partial charge in [-0.05, 0) is 44.0 Å². The molecule has 1 aliphatic rings. The molecular formula is C18H21N3O. The third kappa shape index (κ3) is 2.39. The first-order valence-corrected chi connectivity index (χ1v) is 8.12. The highest BCUT2D eigenvalue weighted by Crippen LogP contribution is 2.32. The molecule has 0 aliphatic heterocycles. The van der Waals surface area contributed by atoms with Gasteiger partial charge in [-0.25, -0.2) is 4.98 Å². The van der Waals surface area contributed by atoms with E-state index in [0.29, 0.717) is 6.04 Å². The van der Waals surface area contributed by atoms with Crippen LogP contribution in [0, 0.1) is 6.92 Å². The van der Waals surface area contributed by atoms with Crippen molar-refractivity contribution in [1.82, 2.24) is 9.38 Å². The van der Waals surface area contributed by atoms with Crippen molar-refractivity contribution in [2.75, 3.05) is 5.32 Å². The molecule has 1 saturated carbocycles. The largest absolute Gasteiger partial charge is 0.460 e. The molecule has 3 heterocycles. The monoisotopic (exact) mass is 295 g/mol.